The molecule has 2 aromatic rings. The lowest BCUT2D eigenvalue weighted by Crippen LogP contribution is -1.94. The maximum atomic E-state index is 12.0. The summed E-state index contributed by atoms with van der Waals surface area (Å²) in [6.45, 7) is 1.92. The Morgan fingerprint density at radius 1 is 0.944 bits per heavy atom. The van der Waals surface area contributed by atoms with Gasteiger partial charge in [-0.25, -0.2) is 0 Å². The Balaban J connectivity index is 2.28. The summed E-state index contributed by atoms with van der Waals surface area (Å²) in [4.78, 5) is 0.267. The highest BCUT2D eigenvalue weighted by molar-refractivity contribution is 14.2. The van der Waals surface area contributed by atoms with Crippen LogP contribution in [0.2, 0.25) is 0 Å². The molecule has 5 heteroatoms. The van der Waals surface area contributed by atoms with Crippen molar-refractivity contribution >= 4 is 31.1 Å². The molecule has 0 fully saturated rings. The fraction of sp³-hybridized carbons (Fsp3) is 0.0769. The van der Waals surface area contributed by atoms with Crippen molar-refractivity contribution in [3.05, 3.63) is 63.7 Å². The maximum Gasteiger partial charge on any atom is 0.286 e. The average molecular weight is 373 g/mol. The van der Waals surface area contributed by atoms with Crippen LogP contribution in [0.25, 0.3) is 0 Å². The van der Waals surface area contributed by atoms with E-state index in [4.69, 9.17) is 0 Å². The van der Waals surface area contributed by atoms with Gasteiger partial charge in [-0.15, -0.1) is 2.55 Å². The molecule has 0 spiro atoms. The van der Waals surface area contributed by atoms with Gasteiger partial charge in [0.1, 0.15) is 0 Å². The molecule has 0 N–H and O–H groups in total. The largest absolute Gasteiger partial charge is 0.286 e. The molecule has 2 aromatic carbocycles. The summed E-state index contributed by atoms with van der Waals surface area (Å²) < 4.78 is 28.9. The Kier molecular flexibility index (Phi) is 4.23. The van der Waals surface area contributed by atoms with Crippen LogP contribution in [0.3, 0.4) is 0 Å². The first-order chi connectivity index (χ1) is 8.58. The van der Waals surface area contributed by atoms with Crippen molar-refractivity contribution in [2.75, 3.05) is 0 Å². The molecule has 0 saturated heterocycles. The summed E-state index contributed by atoms with van der Waals surface area (Å²) in [5, 5.41) is 0. The number of nitrogens with zero attached hydrogens (tertiary/aromatic N) is 1. The van der Waals surface area contributed by atoms with E-state index in [0.717, 1.165) is 9.13 Å². The molecule has 0 atom stereocenters. The summed E-state index contributed by atoms with van der Waals surface area (Å²) in [5.74, 6) is 0. The third-order valence-corrected chi connectivity index (χ3v) is 6.82. The highest BCUT2D eigenvalue weighted by atomic mass is 127. The number of aryl methyl sites for hydroxylation is 1. The second-order valence-corrected chi connectivity index (χ2v) is 8.21. The van der Waals surface area contributed by atoms with Crippen LogP contribution in [0.15, 0.2) is 62.0 Å². The third kappa shape index (κ3) is 3.46. The van der Waals surface area contributed by atoms with Crippen LogP contribution in [0.4, 0.5) is 0 Å². The van der Waals surface area contributed by atoms with E-state index >= 15 is 0 Å². The molecule has 0 bridgehead atoms. The molecule has 0 unspecified atom stereocenters. The van der Waals surface area contributed by atoms with Crippen molar-refractivity contribution in [1.82, 2.24) is 0 Å². The fourth-order valence-electron chi connectivity index (χ4n) is 1.31. The Bertz CT molecular complexity index is 649. The number of hydrogen-bond acceptors (Lipinski definition) is 2. The predicted octanol–water partition coefficient (Wildman–Crippen LogP) is 3.71. The lowest BCUT2D eigenvalue weighted by atomic mass is 10.2. The van der Waals surface area contributed by atoms with E-state index in [-0.39, 0.29) is 4.90 Å². The third-order valence-electron chi connectivity index (χ3n) is 2.27. The minimum absolute atomic E-state index is 0.267. The van der Waals surface area contributed by atoms with Crippen LogP contribution in [-0.4, -0.2) is 8.42 Å². The Morgan fingerprint density at radius 2 is 1.56 bits per heavy atom. The Labute approximate surface area is 117 Å². The van der Waals surface area contributed by atoms with Crippen LogP contribution in [0, 0.1) is 10.5 Å². The van der Waals surface area contributed by atoms with Crippen molar-refractivity contribution in [2.24, 2.45) is 2.55 Å². The zero-order valence-electron chi connectivity index (χ0n) is 9.75. The monoisotopic (exact) mass is 373 g/mol. The van der Waals surface area contributed by atoms with Gasteiger partial charge in [0.05, 0.1) is 4.90 Å². The van der Waals surface area contributed by atoms with Gasteiger partial charge in [0.25, 0.3) is 10.0 Å². The van der Waals surface area contributed by atoms with Crippen molar-refractivity contribution in [2.45, 2.75) is 11.8 Å². The molecule has 0 heterocycles. The molecular formula is C13H12INO2S. The van der Waals surface area contributed by atoms with Crippen LogP contribution >= 0.6 is 21.0 Å². The Morgan fingerprint density at radius 3 is 2.17 bits per heavy atom. The van der Waals surface area contributed by atoms with Gasteiger partial charge in [0.2, 0.25) is 0 Å². The van der Waals surface area contributed by atoms with Crippen molar-refractivity contribution in [3.8, 4) is 0 Å². The van der Waals surface area contributed by atoms with Gasteiger partial charge in [-0.2, -0.15) is 8.42 Å². The molecular weight excluding hydrogens is 361 g/mol. The van der Waals surface area contributed by atoms with Gasteiger partial charge in [-0.05, 0) is 31.2 Å². The molecule has 0 radical (unpaired) electrons. The second kappa shape index (κ2) is 5.71. The van der Waals surface area contributed by atoms with E-state index in [0.29, 0.717) is 0 Å². The molecule has 2 rings (SSSR count). The molecule has 0 saturated carbocycles. The van der Waals surface area contributed by atoms with Crippen molar-refractivity contribution < 1.29 is 8.42 Å². The topological polar surface area (TPSA) is 46.5 Å². The number of halogens is 1. The highest BCUT2D eigenvalue weighted by Gasteiger charge is 2.11. The van der Waals surface area contributed by atoms with E-state index in [1.54, 1.807) is 24.3 Å². The minimum atomic E-state index is -3.50. The predicted molar refractivity (Wildman–Crippen MR) is 80.0 cm³/mol. The van der Waals surface area contributed by atoms with Crippen molar-refractivity contribution in [1.29, 1.82) is 0 Å². The van der Waals surface area contributed by atoms with Gasteiger partial charge < -0.3 is 0 Å². The first-order valence-corrected chi connectivity index (χ1v) is 8.79. The van der Waals surface area contributed by atoms with E-state index < -0.39 is 31.1 Å². The molecule has 0 aromatic heterocycles. The lowest BCUT2D eigenvalue weighted by molar-refractivity contribution is 0.599. The summed E-state index contributed by atoms with van der Waals surface area (Å²) in [6.07, 6.45) is 0. The summed E-state index contributed by atoms with van der Waals surface area (Å²) in [7, 11) is -3.50. The van der Waals surface area contributed by atoms with E-state index in [9.17, 15) is 8.42 Å². The van der Waals surface area contributed by atoms with Gasteiger partial charge in [-0.3, -0.25) is 0 Å². The van der Waals surface area contributed by atoms with E-state index in [2.05, 4.69) is 2.55 Å². The number of rotatable bonds is 3. The summed E-state index contributed by atoms with van der Waals surface area (Å²) in [6, 6.07) is 16.3. The molecule has 94 valence electrons. The zero-order chi connectivity index (χ0) is 13.0. The molecule has 18 heavy (non-hydrogen) atoms. The minimum Gasteiger partial charge on any atom is -0.199 e. The summed E-state index contributed by atoms with van der Waals surface area (Å²) >= 11 is -0.860. The van der Waals surface area contributed by atoms with Gasteiger partial charge >= 0.3 is 0 Å². The number of sulfonamides is 1. The Hall–Kier alpha value is -1.08. The first kappa shape index (κ1) is 13.4. The molecule has 0 amide bonds. The molecule has 0 aliphatic heterocycles. The molecule has 3 nitrogen and oxygen atoms in total. The SMILES string of the molecule is Cc1ccc(S(=O)(=O)N=Ic2ccccc2)cc1. The van der Waals surface area contributed by atoms with E-state index in [1.807, 2.05) is 37.3 Å². The van der Waals surface area contributed by atoms with Crippen LogP contribution in [0.5, 0.6) is 0 Å². The van der Waals surface area contributed by atoms with Crippen LogP contribution < -0.4 is 0 Å². The quantitative estimate of drug-likeness (QED) is 0.771. The molecule has 0 aliphatic carbocycles. The zero-order valence-corrected chi connectivity index (χ0v) is 12.7. The number of benzene rings is 2. The average Bonchev–Trinajstić information content (AvgIpc) is 2.38. The first-order valence-electron chi connectivity index (χ1n) is 5.31. The standard InChI is InChI=1S/C13H12INO2S/c1-11-7-9-13(10-8-11)18(16,17)15-14-12-5-3-2-4-6-12/h2-10H,1H3. The lowest BCUT2D eigenvalue weighted by Gasteiger charge is -1.98. The van der Waals surface area contributed by atoms with Crippen LogP contribution in [0.1, 0.15) is 5.56 Å². The molecule has 0 aliphatic rings. The maximum absolute atomic E-state index is 12.0. The van der Waals surface area contributed by atoms with Crippen LogP contribution in [-0.2, 0) is 10.0 Å². The van der Waals surface area contributed by atoms with Gasteiger partial charge in [0, 0.05) is 24.6 Å². The highest BCUT2D eigenvalue weighted by Crippen LogP contribution is 2.20. The second-order valence-electron chi connectivity index (χ2n) is 3.74. The van der Waals surface area contributed by atoms with Gasteiger partial charge in [0.15, 0.2) is 0 Å². The van der Waals surface area contributed by atoms with Crippen molar-refractivity contribution in [3.63, 3.8) is 0 Å². The van der Waals surface area contributed by atoms with E-state index in [1.165, 1.54) is 0 Å². The number of hydrogen-bond donors (Lipinski definition) is 0. The fourth-order valence-corrected chi connectivity index (χ4v) is 4.92. The smallest absolute Gasteiger partial charge is 0.199 e. The van der Waals surface area contributed by atoms with Gasteiger partial charge in [-0.1, -0.05) is 35.9 Å². The normalized spacial score (nSPS) is 12.3. The summed E-state index contributed by atoms with van der Waals surface area (Å²) in [5.41, 5.74) is 1.03.